The number of rotatable bonds is 6. The molecule has 3 aliphatic rings. The summed E-state index contributed by atoms with van der Waals surface area (Å²) in [6.45, 7) is 11.4. The molecule has 0 bridgehead atoms. The molecule has 0 unspecified atom stereocenters. The summed E-state index contributed by atoms with van der Waals surface area (Å²) in [4.78, 5) is 30.0. The van der Waals surface area contributed by atoms with Crippen molar-refractivity contribution in [1.82, 2.24) is 4.90 Å². The highest BCUT2D eigenvalue weighted by Crippen LogP contribution is 2.54. The molecule has 0 atom stereocenters. The molecule has 0 aromatic heterocycles. The lowest BCUT2D eigenvalue weighted by atomic mass is 9.63. The quantitative estimate of drug-likeness (QED) is 0.313. The van der Waals surface area contributed by atoms with Crippen molar-refractivity contribution < 1.29 is 22.2 Å². The minimum Gasteiger partial charge on any atom is -0.378 e. The van der Waals surface area contributed by atoms with Crippen LogP contribution >= 0.6 is 15.9 Å². The molecule has 6 nitrogen and oxygen atoms in total. The predicted molar refractivity (Wildman–Crippen MR) is 158 cm³/mol. The number of ketones is 2. The van der Waals surface area contributed by atoms with Crippen molar-refractivity contribution in [3.8, 4) is 5.75 Å². The van der Waals surface area contributed by atoms with Gasteiger partial charge in [0, 0.05) is 47.8 Å². The molecule has 0 saturated carbocycles. The van der Waals surface area contributed by atoms with E-state index in [0.29, 0.717) is 28.5 Å². The van der Waals surface area contributed by atoms with Gasteiger partial charge in [0.15, 0.2) is 17.3 Å². The van der Waals surface area contributed by atoms with E-state index in [-0.39, 0.29) is 33.0 Å². The van der Waals surface area contributed by atoms with Gasteiger partial charge in [0.25, 0.3) is 0 Å². The fourth-order valence-corrected chi connectivity index (χ4v) is 7.95. The molecule has 0 spiro atoms. The Morgan fingerprint density at radius 3 is 1.93 bits per heavy atom. The fraction of sp³-hybridized carbons (Fsp3) is 0.438. The van der Waals surface area contributed by atoms with Crippen molar-refractivity contribution in [3.05, 3.63) is 81.1 Å². The van der Waals surface area contributed by atoms with Gasteiger partial charge in [-0.2, -0.15) is 8.42 Å². The molecular formula is C32H36BrNO5S. The highest BCUT2D eigenvalue weighted by molar-refractivity contribution is 9.10. The van der Waals surface area contributed by atoms with Gasteiger partial charge in [-0.25, -0.2) is 0 Å². The lowest BCUT2D eigenvalue weighted by Crippen LogP contribution is -2.44. The summed E-state index contributed by atoms with van der Waals surface area (Å²) in [5.74, 6) is -0.206. The monoisotopic (exact) mass is 625 g/mol. The van der Waals surface area contributed by atoms with Crippen LogP contribution < -0.4 is 4.18 Å². The van der Waals surface area contributed by atoms with Gasteiger partial charge in [-0.1, -0.05) is 58.9 Å². The Kier molecular flexibility index (Phi) is 7.41. The molecule has 0 N–H and O–H groups in total. The largest absolute Gasteiger partial charge is 0.378 e. The second-order valence-corrected chi connectivity index (χ2v) is 15.1. The summed E-state index contributed by atoms with van der Waals surface area (Å²) < 4.78 is 31.7. The van der Waals surface area contributed by atoms with Crippen LogP contribution in [-0.2, 0) is 19.7 Å². The molecule has 1 heterocycles. The van der Waals surface area contributed by atoms with Gasteiger partial charge in [0.05, 0.1) is 4.47 Å². The number of halogens is 1. The number of Topliss-reactive ketones (excluding diaryl/α,β-unsaturated/α-hetero) is 2. The van der Waals surface area contributed by atoms with Crippen LogP contribution in [0.3, 0.4) is 0 Å². The molecule has 0 saturated heterocycles. The average molecular weight is 627 g/mol. The third-order valence-corrected chi connectivity index (χ3v) is 9.86. The summed E-state index contributed by atoms with van der Waals surface area (Å²) in [5, 5.41) is 0. The van der Waals surface area contributed by atoms with Gasteiger partial charge < -0.3 is 9.08 Å². The normalized spacial score (nSPS) is 20.9. The number of nitrogens with zero attached hydrogens (tertiary/aromatic N) is 1. The van der Waals surface area contributed by atoms with Gasteiger partial charge in [0.2, 0.25) is 0 Å². The second-order valence-electron chi connectivity index (χ2n) is 12.7. The minimum absolute atomic E-state index is 0.0599. The first-order valence-electron chi connectivity index (χ1n) is 13.8. The fourth-order valence-electron chi connectivity index (χ4n) is 6.39. The molecule has 2 aliphatic carbocycles. The Morgan fingerprint density at radius 2 is 1.43 bits per heavy atom. The van der Waals surface area contributed by atoms with Crippen LogP contribution in [0.4, 0.5) is 0 Å². The molecule has 1 aliphatic heterocycles. The van der Waals surface area contributed by atoms with Gasteiger partial charge in [-0.3, -0.25) is 9.59 Å². The molecule has 212 valence electrons. The van der Waals surface area contributed by atoms with Crippen LogP contribution in [0, 0.1) is 10.8 Å². The van der Waals surface area contributed by atoms with E-state index in [0.717, 1.165) is 42.8 Å². The maximum atomic E-state index is 13.8. The molecule has 2 aromatic rings. The zero-order valence-electron chi connectivity index (χ0n) is 23.7. The number of hydrogen-bond donors (Lipinski definition) is 0. The van der Waals surface area contributed by atoms with E-state index in [2.05, 4.69) is 55.4 Å². The van der Waals surface area contributed by atoms with Crippen molar-refractivity contribution in [3.63, 3.8) is 0 Å². The molecule has 0 fully saturated rings. The predicted octanol–water partition coefficient (Wildman–Crippen LogP) is 7.31. The molecule has 0 radical (unpaired) electrons. The van der Waals surface area contributed by atoms with Crippen LogP contribution in [0.25, 0.3) is 0 Å². The van der Waals surface area contributed by atoms with E-state index in [1.165, 1.54) is 12.1 Å². The first-order chi connectivity index (χ1) is 18.7. The molecule has 8 heteroatoms. The number of carbonyl (C=O) groups is 2. The number of carbonyl (C=O) groups excluding carboxylic acids is 2. The third kappa shape index (κ3) is 5.32. The summed E-state index contributed by atoms with van der Waals surface area (Å²) in [5.41, 5.74) is 3.88. The van der Waals surface area contributed by atoms with E-state index in [1.807, 2.05) is 0 Å². The van der Waals surface area contributed by atoms with E-state index in [1.54, 1.807) is 36.4 Å². The summed E-state index contributed by atoms with van der Waals surface area (Å²) >= 11 is 3.52. The molecule has 0 amide bonds. The van der Waals surface area contributed by atoms with E-state index >= 15 is 0 Å². The third-order valence-electron chi connectivity index (χ3n) is 7.99. The number of benzene rings is 2. The van der Waals surface area contributed by atoms with Crippen molar-refractivity contribution in [2.45, 2.75) is 77.5 Å². The maximum absolute atomic E-state index is 13.8. The Hall–Kier alpha value is -2.71. The highest BCUT2D eigenvalue weighted by Gasteiger charge is 2.48. The van der Waals surface area contributed by atoms with Crippen LogP contribution in [0.15, 0.2) is 80.4 Å². The van der Waals surface area contributed by atoms with Crippen LogP contribution in [-0.4, -0.2) is 31.4 Å². The van der Waals surface area contributed by atoms with Crippen molar-refractivity contribution in [2.75, 3.05) is 6.54 Å². The number of allylic oxidation sites excluding steroid dienone is 4. The Morgan fingerprint density at radius 1 is 0.875 bits per heavy atom. The summed E-state index contributed by atoms with van der Waals surface area (Å²) in [6, 6.07) is 13.2. The molecular weight excluding hydrogens is 590 g/mol. The first kappa shape index (κ1) is 28.8. The van der Waals surface area contributed by atoms with Crippen molar-refractivity contribution in [1.29, 1.82) is 0 Å². The summed E-state index contributed by atoms with van der Waals surface area (Å²) in [7, 11) is -4.03. The van der Waals surface area contributed by atoms with Gasteiger partial charge >= 0.3 is 10.1 Å². The van der Waals surface area contributed by atoms with E-state index in [4.69, 9.17) is 4.18 Å². The Balaban J connectivity index is 1.64. The Labute approximate surface area is 245 Å². The van der Waals surface area contributed by atoms with Crippen LogP contribution in [0.5, 0.6) is 5.75 Å². The zero-order chi connectivity index (χ0) is 29.0. The Bertz CT molecular complexity index is 1500. The number of hydrogen-bond acceptors (Lipinski definition) is 6. The van der Waals surface area contributed by atoms with Gasteiger partial charge in [-0.15, -0.1) is 0 Å². The zero-order valence-corrected chi connectivity index (χ0v) is 26.1. The van der Waals surface area contributed by atoms with Crippen LogP contribution in [0.2, 0.25) is 0 Å². The van der Waals surface area contributed by atoms with Gasteiger partial charge in [0.1, 0.15) is 4.90 Å². The van der Waals surface area contributed by atoms with Crippen molar-refractivity contribution in [2.24, 2.45) is 10.8 Å². The first-order valence-corrected chi connectivity index (χ1v) is 16.0. The smallest absolute Gasteiger partial charge is 0.339 e. The van der Waals surface area contributed by atoms with E-state index in [9.17, 15) is 18.0 Å². The molecule has 2 aromatic carbocycles. The highest BCUT2D eigenvalue weighted by atomic mass is 79.9. The van der Waals surface area contributed by atoms with Crippen LogP contribution in [0.1, 0.15) is 78.2 Å². The second kappa shape index (κ2) is 10.3. The standard InChI is InChI=1S/C32H36BrNO5S/c1-6-14-34-23-16-31(2,3)18-25(35)29(23)28(30-24(34)17-32(4,5)19-26(30)36)20-12-13-27(22(33)15-20)39-40(37,38)21-10-8-7-9-11-21/h7-13,15,28H,6,14,16-19H2,1-5H3. The average Bonchev–Trinajstić information content (AvgIpc) is 2.85. The maximum Gasteiger partial charge on any atom is 0.339 e. The molecule has 5 rings (SSSR count). The lowest BCUT2D eigenvalue weighted by molar-refractivity contribution is -0.119. The lowest BCUT2D eigenvalue weighted by Gasteiger charge is -2.49. The SMILES string of the molecule is CCCN1C2=C(C(=O)CC(C)(C)C2)C(c2ccc(OS(=O)(=O)c3ccccc3)c(Br)c2)C2=C1CC(C)(C)CC2=O. The van der Waals surface area contributed by atoms with Gasteiger partial charge in [-0.05, 0) is 75.9 Å². The van der Waals surface area contributed by atoms with E-state index < -0.39 is 16.0 Å². The molecule has 40 heavy (non-hydrogen) atoms. The van der Waals surface area contributed by atoms with Crippen molar-refractivity contribution >= 4 is 37.6 Å². The minimum atomic E-state index is -4.03. The topological polar surface area (TPSA) is 80.8 Å². The summed E-state index contributed by atoms with van der Waals surface area (Å²) in [6.07, 6.45) is 3.25.